The van der Waals surface area contributed by atoms with Gasteiger partial charge in [-0.1, -0.05) is 24.6 Å². The van der Waals surface area contributed by atoms with Gasteiger partial charge >= 0.3 is 24.2 Å². The molecule has 0 fully saturated rings. The topological polar surface area (TPSA) is 200 Å². The monoisotopic (exact) mass is 685 g/mol. The van der Waals surface area contributed by atoms with Gasteiger partial charge in [0.25, 0.3) is 0 Å². The smallest absolute Gasteiger partial charge is 0.414 e. The number of nitrogens with one attached hydrogen (secondary N) is 4. The lowest BCUT2D eigenvalue weighted by molar-refractivity contribution is -0.156. The number of nitrogens with zero attached hydrogens (tertiary/aromatic N) is 1. The predicted molar refractivity (Wildman–Crippen MR) is 175 cm³/mol. The molecule has 0 aliphatic rings. The summed E-state index contributed by atoms with van der Waals surface area (Å²) in [6.07, 6.45) is 0.0976. The Kier molecular flexibility index (Phi) is 16.1. The molecule has 0 saturated heterocycles. The first-order chi connectivity index (χ1) is 21.6. The third kappa shape index (κ3) is 20.0. The molecule has 0 aromatic heterocycles. The van der Waals surface area contributed by atoms with Gasteiger partial charge < -0.3 is 24.3 Å². The Labute approximate surface area is 278 Å². The molecular weight excluding hydrogens is 634 g/mol. The first-order valence-corrected chi connectivity index (χ1v) is 16.8. The van der Waals surface area contributed by atoms with Gasteiger partial charge in [-0.25, -0.2) is 22.8 Å². The minimum atomic E-state index is -4.08. The van der Waals surface area contributed by atoms with Crippen LogP contribution in [0.25, 0.3) is 0 Å². The van der Waals surface area contributed by atoms with Crippen LogP contribution < -0.4 is 20.7 Å². The quantitative estimate of drug-likeness (QED) is 0.0760. The van der Waals surface area contributed by atoms with Gasteiger partial charge in [-0.3, -0.25) is 20.4 Å². The minimum absolute atomic E-state index is 0.0448. The van der Waals surface area contributed by atoms with Crippen molar-refractivity contribution < 1.29 is 46.5 Å². The number of carbonyl (C=O) groups is 4. The molecule has 0 aliphatic heterocycles. The molecule has 47 heavy (non-hydrogen) atoms. The number of sulfonamides is 1. The zero-order chi connectivity index (χ0) is 35.9. The van der Waals surface area contributed by atoms with Crippen molar-refractivity contribution in [1.29, 1.82) is 0 Å². The number of ether oxygens (including phenoxy) is 4. The molecule has 0 heterocycles. The predicted octanol–water partition coefficient (Wildman–Crippen LogP) is 4.37. The maximum atomic E-state index is 12.8. The van der Waals surface area contributed by atoms with E-state index in [9.17, 15) is 27.6 Å². The lowest BCUT2D eigenvalue weighted by Gasteiger charge is -2.24. The first kappa shape index (κ1) is 41.1. The number of hydrogen-bond donors (Lipinski definition) is 4. The molecule has 1 atom stereocenters. The number of alkyl carbamates (subject to hydrolysis) is 3. The lowest BCUT2D eigenvalue weighted by atomic mass is 10.2. The van der Waals surface area contributed by atoms with E-state index >= 15 is 0 Å². The first-order valence-electron chi connectivity index (χ1n) is 15.3. The Morgan fingerprint density at radius 3 is 1.74 bits per heavy atom. The summed E-state index contributed by atoms with van der Waals surface area (Å²) in [5.41, 5.74) is -2.39. The molecule has 1 unspecified atom stereocenters. The zero-order valence-corrected chi connectivity index (χ0v) is 29.7. The molecule has 0 bridgehead atoms. The molecule has 0 saturated carbocycles. The molecule has 1 aromatic rings. The van der Waals surface area contributed by atoms with E-state index in [-0.39, 0.29) is 24.0 Å². The van der Waals surface area contributed by atoms with E-state index in [1.165, 1.54) is 12.1 Å². The van der Waals surface area contributed by atoms with Crippen LogP contribution in [0.3, 0.4) is 0 Å². The Bertz CT molecular complexity index is 1280. The molecule has 16 heteroatoms. The van der Waals surface area contributed by atoms with Crippen molar-refractivity contribution in [2.45, 2.75) is 116 Å². The van der Waals surface area contributed by atoms with E-state index in [0.717, 1.165) is 0 Å². The van der Waals surface area contributed by atoms with Crippen molar-refractivity contribution in [2.24, 2.45) is 4.99 Å². The van der Waals surface area contributed by atoms with Crippen molar-refractivity contribution in [1.82, 2.24) is 20.7 Å². The van der Waals surface area contributed by atoms with Crippen molar-refractivity contribution in [3.63, 3.8) is 0 Å². The largest absolute Gasteiger partial charge is 0.459 e. The fraction of sp³-hybridized carbons (Fsp3) is 0.645. The fourth-order valence-corrected chi connectivity index (χ4v) is 4.68. The Balaban J connectivity index is 2.57. The Morgan fingerprint density at radius 2 is 1.23 bits per heavy atom. The van der Waals surface area contributed by atoms with E-state index in [1.807, 2.05) is 0 Å². The van der Waals surface area contributed by atoms with Crippen LogP contribution in [0.2, 0.25) is 0 Å². The summed E-state index contributed by atoms with van der Waals surface area (Å²) >= 11 is 0. The molecule has 0 spiro atoms. The van der Waals surface area contributed by atoms with Crippen molar-refractivity contribution in [2.75, 3.05) is 19.7 Å². The van der Waals surface area contributed by atoms with E-state index in [1.54, 1.807) is 80.5 Å². The standard InChI is InChI=1S/C31H51N5O10S/c1-29(2,3)44-24(37)23(36-47(41,42)22-17-13-12-14-18-22)21-33-26(38)43-20-16-11-10-15-19-32-25(34-27(39)45-30(4,5)6)35-28(40)46-31(7,8)9/h12-14,17-18,23,36H,10-11,15-16,19-21H2,1-9H3,(H,33,38)(H2,32,34,35,39,40). The second-order valence-electron chi connectivity index (χ2n) is 13.4. The van der Waals surface area contributed by atoms with Gasteiger partial charge in [-0.05, 0) is 93.7 Å². The summed E-state index contributed by atoms with van der Waals surface area (Å²) in [4.78, 5) is 53.6. The summed E-state index contributed by atoms with van der Waals surface area (Å²) in [7, 11) is -4.08. The Hall–Kier alpha value is -3.92. The lowest BCUT2D eigenvalue weighted by Crippen LogP contribution is -2.50. The number of hydrogen-bond acceptors (Lipinski definition) is 11. The second-order valence-corrected chi connectivity index (χ2v) is 15.1. The van der Waals surface area contributed by atoms with Crippen molar-refractivity contribution >= 4 is 40.2 Å². The highest BCUT2D eigenvalue weighted by atomic mass is 32.2. The van der Waals surface area contributed by atoms with Gasteiger partial charge in [-0.15, -0.1) is 0 Å². The van der Waals surface area contributed by atoms with Crippen LogP contribution in [-0.2, 0) is 33.8 Å². The minimum Gasteiger partial charge on any atom is -0.459 e. The third-order valence-corrected chi connectivity index (χ3v) is 6.77. The fourth-order valence-electron chi connectivity index (χ4n) is 3.47. The molecular formula is C31H51N5O10S. The molecule has 15 nitrogen and oxygen atoms in total. The highest BCUT2D eigenvalue weighted by Crippen LogP contribution is 2.12. The number of carbonyl (C=O) groups excluding carboxylic acids is 4. The number of benzene rings is 1. The number of guanidine groups is 1. The second kappa shape index (κ2) is 18.4. The molecule has 3 amide bonds. The maximum Gasteiger partial charge on any atom is 0.414 e. The average Bonchev–Trinajstić information content (AvgIpc) is 2.89. The number of esters is 1. The van der Waals surface area contributed by atoms with E-state index in [2.05, 4.69) is 25.7 Å². The third-order valence-electron chi connectivity index (χ3n) is 5.29. The summed E-state index contributed by atoms with van der Waals surface area (Å²) in [6, 6.07) is 6.11. The molecule has 4 N–H and O–H groups in total. The zero-order valence-electron chi connectivity index (χ0n) is 28.9. The summed E-state index contributed by atoms with van der Waals surface area (Å²) in [6.45, 7) is 15.1. The van der Waals surface area contributed by atoms with Gasteiger partial charge in [0.2, 0.25) is 16.0 Å². The summed E-state index contributed by atoms with van der Waals surface area (Å²) in [5, 5.41) is 7.25. The molecule has 266 valence electrons. The maximum absolute atomic E-state index is 12.8. The normalized spacial score (nSPS) is 12.6. The van der Waals surface area contributed by atoms with Crippen LogP contribution in [-0.4, -0.2) is 81.2 Å². The van der Waals surface area contributed by atoms with Crippen LogP contribution >= 0.6 is 0 Å². The highest BCUT2D eigenvalue weighted by Gasteiger charge is 2.30. The van der Waals surface area contributed by atoms with Crippen LogP contribution in [0.5, 0.6) is 0 Å². The molecule has 0 radical (unpaired) electrons. The van der Waals surface area contributed by atoms with Gasteiger partial charge in [0, 0.05) is 13.1 Å². The summed E-state index contributed by atoms with van der Waals surface area (Å²) < 4.78 is 48.8. The van der Waals surface area contributed by atoms with Gasteiger partial charge in [0.15, 0.2) is 0 Å². The van der Waals surface area contributed by atoms with Crippen LogP contribution in [0.15, 0.2) is 40.2 Å². The van der Waals surface area contributed by atoms with Gasteiger partial charge in [0.05, 0.1) is 11.5 Å². The van der Waals surface area contributed by atoms with E-state index < -0.39 is 63.7 Å². The number of aliphatic imine (C=N–C) groups is 1. The van der Waals surface area contributed by atoms with E-state index in [4.69, 9.17) is 18.9 Å². The van der Waals surface area contributed by atoms with Crippen LogP contribution in [0.4, 0.5) is 14.4 Å². The van der Waals surface area contributed by atoms with E-state index in [0.29, 0.717) is 25.7 Å². The van der Waals surface area contributed by atoms with Crippen molar-refractivity contribution in [3.8, 4) is 0 Å². The molecule has 0 aliphatic carbocycles. The highest BCUT2D eigenvalue weighted by molar-refractivity contribution is 7.89. The van der Waals surface area contributed by atoms with Gasteiger partial charge in [0.1, 0.15) is 22.8 Å². The Morgan fingerprint density at radius 1 is 0.723 bits per heavy atom. The number of amides is 3. The molecule has 1 rings (SSSR count). The summed E-state index contributed by atoms with van der Waals surface area (Å²) in [5.74, 6) is -0.963. The van der Waals surface area contributed by atoms with Gasteiger partial charge in [-0.2, -0.15) is 4.72 Å². The SMILES string of the molecule is CC(C)(C)OC(=O)NC(=NCCCCCCOC(=O)NCC(NS(=O)(=O)c1ccccc1)C(=O)OC(C)(C)C)NC(=O)OC(C)(C)C. The molecule has 1 aromatic carbocycles. The number of unbranched alkanes of at least 4 members (excludes halogenated alkanes) is 3. The average molecular weight is 686 g/mol. The van der Waals surface area contributed by atoms with Crippen LogP contribution in [0, 0.1) is 0 Å². The number of rotatable bonds is 13. The van der Waals surface area contributed by atoms with Crippen molar-refractivity contribution in [3.05, 3.63) is 30.3 Å². The van der Waals surface area contributed by atoms with Crippen LogP contribution in [0.1, 0.15) is 88.0 Å².